The zero-order valence-corrected chi connectivity index (χ0v) is 14.6. The van der Waals surface area contributed by atoms with Crippen LogP contribution in [0.3, 0.4) is 0 Å². The van der Waals surface area contributed by atoms with Gasteiger partial charge in [-0.2, -0.15) is 0 Å². The predicted octanol–water partition coefficient (Wildman–Crippen LogP) is 3.86. The van der Waals surface area contributed by atoms with Crippen LogP contribution in [0.2, 0.25) is 0 Å². The number of aryl methyl sites for hydroxylation is 1. The van der Waals surface area contributed by atoms with Gasteiger partial charge in [-0.1, -0.05) is 60.7 Å². The number of carbonyl (C=O) groups excluding carboxylic acids is 1. The lowest BCUT2D eigenvalue weighted by molar-refractivity contribution is -0.128. The summed E-state index contributed by atoms with van der Waals surface area (Å²) in [6.45, 7) is 1.86. The number of carbonyl (C=O) groups is 1. The SMILES string of the molecule is C[C@@H]1NC(=S)N([C@H](CCCc2ccccc2)c2ccccc2)C1=O. The van der Waals surface area contributed by atoms with Crippen LogP contribution in [0.5, 0.6) is 0 Å². The lowest BCUT2D eigenvalue weighted by Gasteiger charge is -2.27. The van der Waals surface area contributed by atoms with Crippen molar-refractivity contribution in [3.63, 3.8) is 0 Å². The molecule has 0 unspecified atom stereocenters. The maximum absolute atomic E-state index is 12.5. The molecule has 1 fully saturated rings. The molecule has 24 heavy (non-hydrogen) atoms. The number of benzene rings is 2. The minimum Gasteiger partial charge on any atom is -0.351 e. The lowest BCUT2D eigenvalue weighted by atomic mass is 9.97. The molecule has 1 amide bonds. The fraction of sp³-hybridized carbons (Fsp3) is 0.300. The second kappa shape index (κ2) is 7.58. The van der Waals surface area contributed by atoms with Gasteiger partial charge in [-0.3, -0.25) is 9.69 Å². The van der Waals surface area contributed by atoms with Crippen molar-refractivity contribution in [2.45, 2.75) is 38.3 Å². The van der Waals surface area contributed by atoms with Crippen molar-refractivity contribution < 1.29 is 4.79 Å². The van der Waals surface area contributed by atoms with E-state index in [0.717, 1.165) is 24.8 Å². The van der Waals surface area contributed by atoms with E-state index in [1.54, 1.807) is 4.90 Å². The Kier molecular flexibility index (Phi) is 5.26. The Morgan fingerprint density at radius 1 is 1.08 bits per heavy atom. The molecule has 0 saturated carbocycles. The first kappa shape index (κ1) is 16.7. The minimum absolute atomic E-state index is 0.00707. The van der Waals surface area contributed by atoms with Gasteiger partial charge in [-0.05, 0) is 49.5 Å². The molecule has 4 heteroatoms. The molecule has 124 valence electrons. The van der Waals surface area contributed by atoms with Gasteiger partial charge < -0.3 is 5.32 Å². The maximum atomic E-state index is 12.5. The molecule has 3 rings (SSSR count). The van der Waals surface area contributed by atoms with E-state index in [9.17, 15) is 4.79 Å². The smallest absolute Gasteiger partial charge is 0.251 e. The van der Waals surface area contributed by atoms with E-state index in [2.05, 4.69) is 41.7 Å². The molecule has 1 aliphatic heterocycles. The Morgan fingerprint density at radius 3 is 2.29 bits per heavy atom. The normalized spacial score (nSPS) is 18.5. The summed E-state index contributed by atoms with van der Waals surface area (Å²) >= 11 is 5.41. The van der Waals surface area contributed by atoms with Gasteiger partial charge in [0.1, 0.15) is 6.04 Å². The van der Waals surface area contributed by atoms with Crippen molar-refractivity contribution in [1.82, 2.24) is 10.2 Å². The highest BCUT2D eigenvalue weighted by atomic mass is 32.1. The highest BCUT2D eigenvalue weighted by Crippen LogP contribution is 2.29. The van der Waals surface area contributed by atoms with E-state index in [0.29, 0.717) is 5.11 Å². The summed E-state index contributed by atoms with van der Waals surface area (Å²) in [5.74, 6) is 0.0635. The second-order valence-corrected chi connectivity index (χ2v) is 6.57. The first-order valence-electron chi connectivity index (χ1n) is 8.39. The molecular formula is C20H22N2OS. The molecule has 0 aromatic heterocycles. The number of nitrogens with zero attached hydrogens (tertiary/aromatic N) is 1. The highest BCUT2D eigenvalue weighted by Gasteiger charge is 2.37. The molecule has 0 spiro atoms. The van der Waals surface area contributed by atoms with E-state index in [1.165, 1.54) is 5.56 Å². The molecule has 2 aromatic carbocycles. The Morgan fingerprint density at radius 2 is 1.71 bits per heavy atom. The van der Waals surface area contributed by atoms with Gasteiger partial charge in [0.05, 0.1) is 6.04 Å². The summed E-state index contributed by atoms with van der Waals surface area (Å²) in [5, 5.41) is 3.63. The van der Waals surface area contributed by atoms with Crippen LogP contribution in [-0.2, 0) is 11.2 Å². The average Bonchev–Trinajstić information content (AvgIpc) is 2.86. The van der Waals surface area contributed by atoms with Crippen LogP contribution < -0.4 is 5.32 Å². The van der Waals surface area contributed by atoms with Gasteiger partial charge in [0.2, 0.25) is 0 Å². The van der Waals surface area contributed by atoms with Gasteiger partial charge in [0.15, 0.2) is 5.11 Å². The first-order chi connectivity index (χ1) is 11.7. The average molecular weight is 338 g/mol. The maximum Gasteiger partial charge on any atom is 0.251 e. The van der Waals surface area contributed by atoms with E-state index >= 15 is 0 Å². The van der Waals surface area contributed by atoms with Crippen molar-refractivity contribution in [1.29, 1.82) is 0 Å². The molecule has 1 saturated heterocycles. The lowest BCUT2D eigenvalue weighted by Crippen LogP contribution is -2.35. The van der Waals surface area contributed by atoms with Crippen molar-refractivity contribution in [3.05, 3.63) is 71.8 Å². The van der Waals surface area contributed by atoms with E-state index in [4.69, 9.17) is 12.2 Å². The third-order valence-electron chi connectivity index (χ3n) is 4.45. The molecule has 0 radical (unpaired) electrons. The molecular weight excluding hydrogens is 316 g/mol. The predicted molar refractivity (Wildman–Crippen MR) is 101 cm³/mol. The largest absolute Gasteiger partial charge is 0.351 e. The zero-order valence-electron chi connectivity index (χ0n) is 13.8. The van der Waals surface area contributed by atoms with Crippen LogP contribution in [0.15, 0.2) is 60.7 Å². The summed E-state index contributed by atoms with van der Waals surface area (Å²) in [6, 6.07) is 20.4. The molecule has 1 aliphatic rings. The van der Waals surface area contributed by atoms with Crippen molar-refractivity contribution in [2.24, 2.45) is 0 Å². The van der Waals surface area contributed by atoms with Crippen molar-refractivity contribution in [2.75, 3.05) is 0 Å². The van der Waals surface area contributed by atoms with Crippen LogP contribution in [0, 0.1) is 0 Å². The topological polar surface area (TPSA) is 32.3 Å². The van der Waals surface area contributed by atoms with E-state index in [-0.39, 0.29) is 18.0 Å². The van der Waals surface area contributed by atoms with Crippen LogP contribution in [0.1, 0.15) is 36.9 Å². The van der Waals surface area contributed by atoms with Crippen LogP contribution in [-0.4, -0.2) is 22.0 Å². The fourth-order valence-corrected chi connectivity index (χ4v) is 3.58. The van der Waals surface area contributed by atoms with Crippen LogP contribution >= 0.6 is 12.2 Å². The Balaban J connectivity index is 1.76. The van der Waals surface area contributed by atoms with E-state index in [1.807, 2.05) is 31.2 Å². The molecule has 1 heterocycles. The van der Waals surface area contributed by atoms with Gasteiger partial charge in [-0.25, -0.2) is 0 Å². The number of rotatable bonds is 6. The molecule has 3 nitrogen and oxygen atoms in total. The molecule has 2 aromatic rings. The number of hydrogen-bond donors (Lipinski definition) is 1. The number of nitrogens with one attached hydrogen (secondary N) is 1. The van der Waals surface area contributed by atoms with Crippen molar-refractivity contribution in [3.8, 4) is 0 Å². The fourth-order valence-electron chi connectivity index (χ4n) is 3.18. The van der Waals surface area contributed by atoms with Gasteiger partial charge in [0.25, 0.3) is 5.91 Å². The standard InChI is InChI=1S/C20H22N2OS/c1-15-19(23)22(20(24)21-15)18(17-12-6-3-7-13-17)14-8-11-16-9-4-2-5-10-16/h2-7,9-10,12-13,15,18H,8,11,14H2,1H3,(H,21,24)/t15-,18+/m0/s1. The number of thiocarbonyl (C=S) groups is 1. The Bertz CT molecular complexity index is 702. The Hall–Kier alpha value is -2.20. The van der Waals surface area contributed by atoms with Gasteiger partial charge in [0, 0.05) is 0 Å². The van der Waals surface area contributed by atoms with Crippen LogP contribution in [0.25, 0.3) is 0 Å². The quantitative estimate of drug-likeness (QED) is 0.812. The first-order valence-corrected chi connectivity index (χ1v) is 8.80. The van der Waals surface area contributed by atoms with Crippen LogP contribution in [0.4, 0.5) is 0 Å². The molecule has 0 aliphatic carbocycles. The van der Waals surface area contributed by atoms with E-state index < -0.39 is 0 Å². The summed E-state index contributed by atoms with van der Waals surface area (Å²) in [6.07, 6.45) is 2.89. The molecule has 1 N–H and O–H groups in total. The number of hydrogen-bond acceptors (Lipinski definition) is 2. The monoisotopic (exact) mass is 338 g/mol. The van der Waals surface area contributed by atoms with Gasteiger partial charge in [-0.15, -0.1) is 0 Å². The second-order valence-electron chi connectivity index (χ2n) is 6.18. The summed E-state index contributed by atoms with van der Waals surface area (Å²) < 4.78 is 0. The number of amides is 1. The summed E-state index contributed by atoms with van der Waals surface area (Å²) in [4.78, 5) is 14.3. The van der Waals surface area contributed by atoms with Gasteiger partial charge >= 0.3 is 0 Å². The third-order valence-corrected chi connectivity index (χ3v) is 4.76. The minimum atomic E-state index is -0.238. The summed E-state index contributed by atoms with van der Waals surface area (Å²) in [7, 11) is 0. The van der Waals surface area contributed by atoms with Crippen molar-refractivity contribution >= 4 is 23.2 Å². The third kappa shape index (κ3) is 3.65. The molecule has 0 bridgehead atoms. The summed E-state index contributed by atoms with van der Waals surface area (Å²) in [5.41, 5.74) is 2.46. The Labute approximate surface area is 148 Å². The molecule has 2 atom stereocenters. The zero-order chi connectivity index (χ0) is 16.9. The highest BCUT2D eigenvalue weighted by molar-refractivity contribution is 7.80.